The van der Waals surface area contributed by atoms with E-state index in [-0.39, 0.29) is 13.2 Å². The molecule has 0 bridgehead atoms. The van der Waals surface area contributed by atoms with Crippen LogP contribution >= 0.6 is 0 Å². The molecule has 0 amide bonds. The van der Waals surface area contributed by atoms with Gasteiger partial charge in [-0.15, -0.1) is 0 Å². The molecular weight excluding hydrogens is 196 g/mol. The Hall–Kier alpha value is -1.40. The summed E-state index contributed by atoms with van der Waals surface area (Å²) in [6.45, 7) is 3.05. The van der Waals surface area contributed by atoms with Gasteiger partial charge in [-0.3, -0.25) is 0 Å². The number of aliphatic hydroxyl groups excluding tert-OH is 2. The molecule has 6 nitrogen and oxygen atoms in total. The minimum absolute atomic E-state index is 0.202. The number of nitrogen functional groups attached to an aromatic ring is 1. The van der Waals surface area contributed by atoms with Crippen LogP contribution in [0.2, 0.25) is 0 Å². The highest BCUT2D eigenvalue weighted by Gasteiger charge is 2.23. The molecule has 5 N–H and O–H groups in total. The van der Waals surface area contributed by atoms with Gasteiger partial charge in [0.2, 0.25) is 0 Å². The van der Waals surface area contributed by atoms with E-state index in [0.29, 0.717) is 17.2 Å². The fourth-order valence-corrected chi connectivity index (χ4v) is 1.00. The van der Waals surface area contributed by atoms with E-state index >= 15 is 0 Å². The van der Waals surface area contributed by atoms with Crippen molar-refractivity contribution in [3.63, 3.8) is 0 Å². The van der Waals surface area contributed by atoms with Crippen molar-refractivity contribution in [3.8, 4) is 0 Å². The monoisotopic (exact) mass is 212 g/mol. The maximum Gasteiger partial charge on any atom is 0.135 e. The number of nitrogens with zero attached hydrogens (tertiary/aromatic N) is 2. The molecule has 84 valence electrons. The number of nitrogens with one attached hydrogen (secondary N) is 1. The first-order valence-corrected chi connectivity index (χ1v) is 4.59. The van der Waals surface area contributed by atoms with Crippen LogP contribution in [0, 0.1) is 6.92 Å². The highest BCUT2D eigenvalue weighted by Crippen LogP contribution is 2.19. The van der Waals surface area contributed by atoms with Crippen molar-refractivity contribution in [3.05, 3.63) is 11.9 Å². The quantitative estimate of drug-likeness (QED) is 0.537. The summed E-state index contributed by atoms with van der Waals surface area (Å²) in [5, 5.41) is 21.2. The first-order valence-electron chi connectivity index (χ1n) is 4.59. The standard InChI is InChI=1S/C9H16N4O2/c1-6-7(10)11-5-12-8(6)13-9(2,3-14)4-15/h5,14-15H,3-4H2,1-2H3,(H3,10,11,12,13). The van der Waals surface area contributed by atoms with E-state index in [9.17, 15) is 0 Å². The normalized spacial score (nSPS) is 11.5. The van der Waals surface area contributed by atoms with Crippen molar-refractivity contribution in [2.24, 2.45) is 0 Å². The van der Waals surface area contributed by atoms with E-state index in [1.54, 1.807) is 13.8 Å². The molecule has 1 heterocycles. The highest BCUT2D eigenvalue weighted by molar-refractivity contribution is 5.55. The lowest BCUT2D eigenvalue weighted by molar-refractivity contribution is 0.147. The Kier molecular flexibility index (Phi) is 3.43. The molecule has 0 saturated heterocycles. The van der Waals surface area contributed by atoms with Crippen molar-refractivity contribution in [1.82, 2.24) is 9.97 Å². The number of anilines is 2. The number of rotatable bonds is 4. The Bertz CT molecular complexity index is 339. The lowest BCUT2D eigenvalue weighted by atomic mass is 10.1. The zero-order valence-corrected chi connectivity index (χ0v) is 8.86. The predicted molar refractivity (Wildman–Crippen MR) is 57.4 cm³/mol. The largest absolute Gasteiger partial charge is 0.394 e. The Morgan fingerprint density at radius 3 is 2.53 bits per heavy atom. The van der Waals surface area contributed by atoms with Gasteiger partial charge < -0.3 is 21.3 Å². The Balaban J connectivity index is 2.94. The zero-order chi connectivity index (χ0) is 11.5. The Morgan fingerprint density at radius 1 is 1.40 bits per heavy atom. The van der Waals surface area contributed by atoms with Crippen LogP contribution in [0.15, 0.2) is 6.33 Å². The van der Waals surface area contributed by atoms with Crippen molar-refractivity contribution in [2.45, 2.75) is 19.4 Å². The summed E-state index contributed by atoms with van der Waals surface area (Å²) in [7, 11) is 0. The van der Waals surface area contributed by atoms with Crippen LogP contribution in [0.25, 0.3) is 0 Å². The summed E-state index contributed by atoms with van der Waals surface area (Å²) in [6.07, 6.45) is 1.33. The van der Waals surface area contributed by atoms with Crippen LogP contribution in [-0.4, -0.2) is 38.9 Å². The molecular formula is C9H16N4O2. The van der Waals surface area contributed by atoms with Crippen LogP contribution in [0.5, 0.6) is 0 Å². The van der Waals surface area contributed by atoms with Gasteiger partial charge >= 0.3 is 0 Å². The third kappa shape index (κ3) is 2.54. The van der Waals surface area contributed by atoms with Gasteiger partial charge in [0, 0.05) is 5.56 Å². The number of nitrogens with two attached hydrogens (primary N) is 1. The fraction of sp³-hybridized carbons (Fsp3) is 0.556. The molecule has 0 radical (unpaired) electrons. The second-order valence-corrected chi connectivity index (χ2v) is 3.73. The number of aromatic nitrogens is 2. The van der Waals surface area contributed by atoms with Crippen LogP contribution < -0.4 is 11.1 Å². The maximum absolute atomic E-state index is 9.11. The van der Waals surface area contributed by atoms with Gasteiger partial charge in [0.05, 0.1) is 18.8 Å². The molecule has 0 spiro atoms. The minimum atomic E-state index is -0.814. The van der Waals surface area contributed by atoms with Crippen LogP contribution in [-0.2, 0) is 0 Å². The first kappa shape index (κ1) is 11.7. The van der Waals surface area contributed by atoms with Crippen LogP contribution in [0.4, 0.5) is 11.6 Å². The Morgan fingerprint density at radius 2 is 2.00 bits per heavy atom. The van der Waals surface area contributed by atoms with E-state index < -0.39 is 5.54 Å². The third-order valence-corrected chi connectivity index (χ3v) is 2.24. The van der Waals surface area contributed by atoms with Gasteiger partial charge in [-0.1, -0.05) is 0 Å². The zero-order valence-electron chi connectivity index (χ0n) is 8.86. The van der Waals surface area contributed by atoms with Crippen molar-refractivity contribution < 1.29 is 10.2 Å². The highest BCUT2D eigenvalue weighted by atomic mass is 16.3. The summed E-state index contributed by atoms with van der Waals surface area (Å²) < 4.78 is 0. The van der Waals surface area contributed by atoms with Crippen molar-refractivity contribution in [2.75, 3.05) is 24.3 Å². The van der Waals surface area contributed by atoms with Crippen molar-refractivity contribution >= 4 is 11.6 Å². The second-order valence-electron chi connectivity index (χ2n) is 3.73. The molecule has 0 saturated carbocycles. The molecule has 0 aliphatic heterocycles. The lowest BCUT2D eigenvalue weighted by Gasteiger charge is -2.27. The molecule has 0 aliphatic carbocycles. The van der Waals surface area contributed by atoms with Crippen molar-refractivity contribution in [1.29, 1.82) is 0 Å². The van der Waals surface area contributed by atoms with Gasteiger partial charge in [-0.05, 0) is 13.8 Å². The van der Waals surface area contributed by atoms with E-state index in [1.807, 2.05) is 0 Å². The van der Waals surface area contributed by atoms with Gasteiger partial charge in [-0.25, -0.2) is 9.97 Å². The first-order chi connectivity index (χ1) is 7.02. The molecule has 0 unspecified atom stereocenters. The molecule has 6 heteroatoms. The number of hydrogen-bond acceptors (Lipinski definition) is 6. The van der Waals surface area contributed by atoms with Gasteiger partial charge in [0.1, 0.15) is 18.0 Å². The van der Waals surface area contributed by atoms with Gasteiger partial charge in [-0.2, -0.15) is 0 Å². The SMILES string of the molecule is Cc1c(N)ncnc1NC(C)(CO)CO. The molecule has 1 aromatic rings. The molecule has 0 fully saturated rings. The minimum Gasteiger partial charge on any atom is -0.394 e. The smallest absolute Gasteiger partial charge is 0.135 e. The van der Waals surface area contributed by atoms with E-state index in [1.165, 1.54) is 6.33 Å². The summed E-state index contributed by atoms with van der Waals surface area (Å²) in [6, 6.07) is 0. The average molecular weight is 212 g/mol. The van der Waals surface area contributed by atoms with Gasteiger partial charge in [0.15, 0.2) is 0 Å². The molecule has 1 rings (SSSR count). The maximum atomic E-state index is 9.11. The molecule has 0 aromatic carbocycles. The van der Waals surface area contributed by atoms with Crippen LogP contribution in [0.1, 0.15) is 12.5 Å². The number of aliphatic hydroxyl groups is 2. The summed E-state index contributed by atoms with van der Waals surface area (Å²) in [4.78, 5) is 7.82. The fourth-order valence-electron chi connectivity index (χ4n) is 1.00. The third-order valence-electron chi connectivity index (χ3n) is 2.24. The van der Waals surface area contributed by atoms with E-state index in [0.717, 1.165) is 0 Å². The van der Waals surface area contributed by atoms with Crippen LogP contribution in [0.3, 0.4) is 0 Å². The van der Waals surface area contributed by atoms with Gasteiger partial charge in [0.25, 0.3) is 0 Å². The molecule has 15 heavy (non-hydrogen) atoms. The average Bonchev–Trinajstić information content (AvgIpc) is 2.25. The molecule has 0 atom stereocenters. The Labute approximate surface area is 88.2 Å². The summed E-state index contributed by atoms with van der Waals surface area (Å²) in [5.74, 6) is 0.902. The van der Waals surface area contributed by atoms with E-state index in [2.05, 4.69) is 15.3 Å². The molecule has 1 aromatic heterocycles. The second kappa shape index (κ2) is 4.41. The molecule has 0 aliphatic rings. The summed E-state index contributed by atoms with van der Waals surface area (Å²) in [5.41, 5.74) is 5.49. The van der Waals surface area contributed by atoms with E-state index in [4.69, 9.17) is 15.9 Å². The number of hydrogen-bond donors (Lipinski definition) is 4. The lowest BCUT2D eigenvalue weighted by Crippen LogP contribution is -2.43. The topological polar surface area (TPSA) is 104 Å². The summed E-state index contributed by atoms with van der Waals surface area (Å²) >= 11 is 0. The predicted octanol–water partition coefficient (Wildman–Crippen LogP) is -0.478.